The number of nitrogen functional groups attached to an aromatic ring is 1. The molecule has 1 fully saturated rings. The summed E-state index contributed by atoms with van der Waals surface area (Å²) in [5.74, 6) is 1.02. The van der Waals surface area contributed by atoms with E-state index in [0.717, 1.165) is 40.6 Å². The van der Waals surface area contributed by atoms with Gasteiger partial charge in [0, 0.05) is 35.7 Å². The molecule has 0 saturated heterocycles. The zero-order valence-corrected chi connectivity index (χ0v) is 14.8. The molecule has 3 aromatic rings. The Balaban J connectivity index is 1.64. The van der Waals surface area contributed by atoms with Crippen LogP contribution in [0, 0.1) is 0 Å². The molecule has 0 aliphatic heterocycles. The quantitative estimate of drug-likeness (QED) is 0.643. The van der Waals surface area contributed by atoms with Crippen molar-refractivity contribution in [1.29, 1.82) is 0 Å². The van der Waals surface area contributed by atoms with Crippen molar-refractivity contribution in [2.24, 2.45) is 0 Å². The Bertz CT molecular complexity index is 917. The molecule has 130 valence electrons. The van der Waals surface area contributed by atoms with Crippen LogP contribution in [0.4, 0.5) is 11.8 Å². The summed E-state index contributed by atoms with van der Waals surface area (Å²) in [6.45, 7) is 0. The van der Waals surface area contributed by atoms with E-state index in [1.807, 2.05) is 16.7 Å². The lowest BCUT2D eigenvalue weighted by atomic mass is 10.2. The summed E-state index contributed by atoms with van der Waals surface area (Å²) in [6.07, 6.45) is 9.25. The number of hydrogen-bond acceptors (Lipinski definition) is 7. The minimum Gasteiger partial charge on any atom is -0.393 e. The number of halogens is 1. The maximum Gasteiger partial charge on any atom is 0.208 e. The van der Waals surface area contributed by atoms with Gasteiger partial charge in [-0.2, -0.15) is 0 Å². The number of anilines is 2. The maximum absolute atomic E-state index is 9.70. The fraction of sp³-hybridized carbons (Fsp3) is 0.312. The molecular formula is C16H17ClN6OS. The first-order valence-electron chi connectivity index (χ1n) is 7.96. The molecule has 25 heavy (non-hydrogen) atoms. The number of nitrogens with zero attached hydrogens (tertiary/aromatic N) is 4. The van der Waals surface area contributed by atoms with Crippen LogP contribution in [-0.4, -0.2) is 36.6 Å². The third kappa shape index (κ3) is 3.24. The van der Waals surface area contributed by atoms with Crippen molar-refractivity contribution in [2.45, 2.75) is 41.2 Å². The van der Waals surface area contributed by atoms with Crippen LogP contribution in [0.3, 0.4) is 0 Å². The average Bonchev–Trinajstić information content (AvgIpc) is 3.23. The Labute approximate surface area is 153 Å². The van der Waals surface area contributed by atoms with Gasteiger partial charge in [0.15, 0.2) is 5.65 Å². The summed E-state index contributed by atoms with van der Waals surface area (Å²) in [5, 5.41) is 13.5. The van der Waals surface area contributed by atoms with E-state index in [4.69, 9.17) is 17.3 Å². The van der Waals surface area contributed by atoms with E-state index in [9.17, 15) is 5.11 Å². The van der Waals surface area contributed by atoms with Crippen LogP contribution < -0.4 is 11.1 Å². The number of aromatic nitrogens is 4. The van der Waals surface area contributed by atoms with Gasteiger partial charge in [0.1, 0.15) is 5.82 Å². The molecule has 0 bridgehead atoms. The van der Waals surface area contributed by atoms with Gasteiger partial charge in [0.2, 0.25) is 5.95 Å². The summed E-state index contributed by atoms with van der Waals surface area (Å²) in [4.78, 5) is 14.6. The predicted octanol–water partition coefficient (Wildman–Crippen LogP) is 2.84. The Morgan fingerprint density at radius 2 is 2.12 bits per heavy atom. The van der Waals surface area contributed by atoms with Crippen LogP contribution in [0.1, 0.15) is 19.3 Å². The number of imidazole rings is 1. The Kier molecular flexibility index (Phi) is 4.41. The third-order valence-corrected chi connectivity index (χ3v) is 5.81. The molecule has 4 rings (SSSR count). The lowest BCUT2D eigenvalue weighted by Crippen LogP contribution is -2.19. The van der Waals surface area contributed by atoms with E-state index >= 15 is 0 Å². The van der Waals surface area contributed by atoms with Gasteiger partial charge < -0.3 is 16.2 Å². The van der Waals surface area contributed by atoms with Gasteiger partial charge in [0.25, 0.3) is 0 Å². The number of aliphatic hydroxyl groups excluding tert-OH is 1. The molecule has 0 amide bonds. The van der Waals surface area contributed by atoms with E-state index in [1.54, 1.807) is 18.6 Å². The third-order valence-electron chi connectivity index (χ3n) is 4.23. The summed E-state index contributed by atoms with van der Waals surface area (Å²) >= 11 is 7.68. The van der Waals surface area contributed by atoms with Crippen molar-refractivity contribution < 1.29 is 5.11 Å². The number of aliphatic hydroxyl groups is 1. The molecule has 7 nitrogen and oxygen atoms in total. The van der Waals surface area contributed by atoms with Gasteiger partial charge in [-0.1, -0.05) is 23.4 Å². The molecule has 1 aliphatic carbocycles. The van der Waals surface area contributed by atoms with E-state index in [1.165, 1.54) is 11.8 Å². The highest BCUT2D eigenvalue weighted by Gasteiger charge is 2.24. The first-order chi connectivity index (χ1) is 12.1. The first-order valence-corrected chi connectivity index (χ1v) is 9.16. The van der Waals surface area contributed by atoms with Crippen molar-refractivity contribution in [3.63, 3.8) is 0 Å². The highest BCUT2D eigenvalue weighted by molar-refractivity contribution is 7.99. The second-order valence-electron chi connectivity index (χ2n) is 5.99. The maximum atomic E-state index is 9.70. The molecule has 1 aliphatic rings. The number of hydrogen-bond donors (Lipinski definition) is 3. The minimum atomic E-state index is -0.232. The summed E-state index contributed by atoms with van der Waals surface area (Å²) < 4.78 is 1.91. The number of pyridine rings is 1. The van der Waals surface area contributed by atoms with Crippen LogP contribution >= 0.6 is 23.4 Å². The second kappa shape index (κ2) is 6.70. The Morgan fingerprint density at radius 1 is 1.24 bits per heavy atom. The second-order valence-corrected chi connectivity index (χ2v) is 7.45. The molecular weight excluding hydrogens is 360 g/mol. The Hall–Kier alpha value is -2.03. The van der Waals surface area contributed by atoms with Crippen molar-refractivity contribution in [3.8, 4) is 0 Å². The van der Waals surface area contributed by atoms with Crippen LogP contribution in [0.15, 0.2) is 40.6 Å². The molecule has 0 spiro atoms. The van der Waals surface area contributed by atoms with Crippen molar-refractivity contribution in [3.05, 3.63) is 35.9 Å². The number of rotatable bonds is 4. The molecule has 1 saturated carbocycles. The molecule has 0 aromatic carbocycles. The highest BCUT2D eigenvalue weighted by Crippen LogP contribution is 2.37. The number of fused-ring (bicyclic) bond motifs is 1. The highest BCUT2D eigenvalue weighted by atomic mass is 35.5. The van der Waals surface area contributed by atoms with E-state index in [-0.39, 0.29) is 12.1 Å². The van der Waals surface area contributed by atoms with Gasteiger partial charge in [-0.25, -0.2) is 15.0 Å². The van der Waals surface area contributed by atoms with E-state index in [0.29, 0.717) is 10.8 Å². The molecule has 3 heterocycles. The minimum absolute atomic E-state index is 0.223. The van der Waals surface area contributed by atoms with Crippen LogP contribution in [0.25, 0.3) is 5.65 Å². The smallest absolute Gasteiger partial charge is 0.208 e. The van der Waals surface area contributed by atoms with Gasteiger partial charge >= 0.3 is 0 Å². The number of nitrogens with two attached hydrogens (primary N) is 1. The van der Waals surface area contributed by atoms with Crippen molar-refractivity contribution in [1.82, 2.24) is 19.4 Å². The molecule has 2 atom stereocenters. The molecule has 0 radical (unpaired) electrons. The fourth-order valence-electron chi connectivity index (χ4n) is 2.99. The van der Waals surface area contributed by atoms with E-state index in [2.05, 4.69) is 20.3 Å². The molecule has 3 aromatic heterocycles. The van der Waals surface area contributed by atoms with Crippen LogP contribution in [-0.2, 0) is 0 Å². The normalized spacial score (nSPS) is 20.2. The first kappa shape index (κ1) is 16.4. The van der Waals surface area contributed by atoms with E-state index < -0.39 is 0 Å². The van der Waals surface area contributed by atoms with Crippen LogP contribution in [0.5, 0.6) is 0 Å². The van der Waals surface area contributed by atoms with Gasteiger partial charge in [-0.05, 0) is 25.3 Å². The molecule has 4 N–H and O–H groups in total. The van der Waals surface area contributed by atoms with Gasteiger partial charge in [0.05, 0.1) is 16.0 Å². The zero-order valence-electron chi connectivity index (χ0n) is 13.3. The van der Waals surface area contributed by atoms with Crippen LogP contribution in [0.2, 0.25) is 5.02 Å². The monoisotopic (exact) mass is 376 g/mol. The topological polar surface area (TPSA) is 101 Å². The molecule has 9 heteroatoms. The van der Waals surface area contributed by atoms with Crippen molar-refractivity contribution >= 4 is 40.8 Å². The SMILES string of the molecule is Nc1nccc(Sc2cnc(N[C@H]3CC[C@@H](O)C3)n3ccnc23)c1Cl. The Morgan fingerprint density at radius 3 is 2.92 bits per heavy atom. The lowest BCUT2D eigenvalue weighted by molar-refractivity contribution is 0.182. The van der Waals surface area contributed by atoms with Crippen molar-refractivity contribution in [2.75, 3.05) is 11.1 Å². The predicted molar refractivity (Wildman–Crippen MR) is 98.0 cm³/mol. The summed E-state index contributed by atoms with van der Waals surface area (Å²) in [5.41, 5.74) is 6.56. The van der Waals surface area contributed by atoms with Gasteiger partial charge in [-0.15, -0.1) is 0 Å². The summed E-state index contributed by atoms with van der Waals surface area (Å²) in [7, 11) is 0. The number of nitrogens with one attached hydrogen (secondary N) is 1. The average molecular weight is 377 g/mol. The largest absolute Gasteiger partial charge is 0.393 e. The fourth-order valence-corrected chi connectivity index (χ4v) is 4.12. The standard InChI is InChI=1S/C16H17ClN6OS/c17-13-11(3-4-19-14(13)18)25-12-8-21-16(23-6-5-20-15(12)23)22-9-1-2-10(24)7-9/h3-6,8-10,24H,1-2,7H2,(H2,18,19)(H,21,22)/t9-,10+/m0/s1. The molecule has 0 unspecified atom stereocenters. The van der Waals surface area contributed by atoms with Gasteiger partial charge in [-0.3, -0.25) is 4.40 Å². The lowest BCUT2D eigenvalue weighted by Gasteiger charge is -2.15. The summed E-state index contributed by atoms with van der Waals surface area (Å²) in [6, 6.07) is 2.04. The zero-order chi connectivity index (χ0) is 17.4.